The van der Waals surface area contributed by atoms with E-state index < -0.39 is 46.0 Å². The van der Waals surface area contributed by atoms with Crippen LogP contribution in [0.2, 0.25) is 0 Å². The Labute approximate surface area is 267 Å². The van der Waals surface area contributed by atoms with Crippen molar-refractivity contribution in [2.75, 3.05) is 25.6 Å². The number of rotatable bonds is 12. The summed E-state index contributed by atoms with van der Waals surface area (Å²) in [6, 6.07) is 3.37. The van der Waals surface area contributed by atoms with Crippen LogP contribution in [0.5, 0.6) is 0 Å². The molecular formula is C32H50FN5O6S. The maximum atomic E-state index is 14.0. The number of carbonyl (C=O) groups excluding carboxylic acids is 4. The number of sulfonamides is 1. The fourth-order valence-electron chi connectivity index (χ4n) is 5.35. The molecule has 0 aliphatic carbocycles. The molecule has 3 atom stereocenters. The third-order valence-electron chi connectivity index (χ3n) is 7.96. The molecule has 0 saturated carbocycles. The Morgan fingerprint density at radius 1 is 1.07 bits per heavy atom. The first-order valence-electron chi connectivity index (χ1n) is 15.3. The Kier molecular flexibility index (Phi) is 13.3. The molecular weight excluding hydrogens is 601 g/mol. The lowest BCUT2D eigenvalue weighted by Crippen LogP contribution is -2.60. The number of anilines is 1. The number of nitrogens with zero attached hydrogens (tertiary/aromatic N) is 2. The lowest BCUT2D eigenvalue weighted by molar-refractivity contribution is -0.142. The SMILES string of the molecule is C/C(=C\[C@H](C(C)C)N(C)C(=O)[C@@H](NC(=O)[C@H]1CCCCN1C(C)C)C(C)(C)C)C(=O)NS(=O)(=O)c1ccc(NC(=O)CF)cc1. The molecule has 0 aromatic heterocycles. The number of halogens is 1. The van der Waals surface area contributed by atoms with Crippen LogP contribution in [0.3, 0.4) is 0 Å². The summed E-state index contributed by atoms with van der Waals surface area (Å²) >= 11 is 0. The van der Waals surface area contributed by atoms with Crippen molar-refractivity contribution in [3.63, 3.8) is 0 Å². The topological polar surface area (TPSA) is 145 Å². The summed E-state index contributed by atoms with van der Waals surface area (Å²) in [6.07, 6.45) is 4.23. The summed E-state index contributed by atoms with van der Waals surface area (Å²) in [7, 11) is -2.66. The van der Waals surface area contributed by atoms with E-state index in [1.165, 1.54) is 36.1 Å². The third kappa shape index (κ3) is 10.4. The number of hydrogen-bond donors (Lipinski definition) is 3. The Bertz CT molecular complexity index is 1350. The molecule has 0 spiro atoms. The minimum absolute atomic E-state index is 0.0786. The number of alkyl halides is 1. The van der Waals surface area contributed by atoms with E-state index >= 15 is 0 Å². The highest BCUT2D eigenvalue weighted by atomic mass is 32.2. The molecule has 1 aliphatic heterocycles. The first kappa shape index (κ1) is 37.9. The van der Waals surface area contributed by atoms with Gasteiger partial charge in [0.15, 0.2) is 6.67 Å². The molecule has 1 fully saturated rings. The standard InChI is InChI=1S/C32H50FN5O6S/c1-20(2)26(18-22(5)29(40)36-45(43,44)24-15-13-23(14-16-24)34-27(39)19-33)37(9)31(42)28(32(6,7)8)35-30(41)25-12-10-11-17-38(25)21(3)4/h13-16,18,20-21,25-26,28H,10-12,17,19H2,1-9H3,(H,34,39)(H,35,41)(H,36,40)/b22-18+/t25-,26-,28-/m1/s1. The van der Waals surface area contributed by atoms with E-state index in [0.29, 0.717) is 0 Å². The first-order chi connectivity index (χ1) is 20.8. The van der Waals surface area contributed by atoms with Gasteiger partial charge in [0.1, 0.15) is 6.04 Å². The second-order valence-corrected chi connectivity index (χ2v) is 15.0. The summed E-state index contributed by atoms with van der Waals surface area (Å²) < 4.78 is 40.2. The minimum Gasteiger partial charge on any atom is -0.342 e. The Morgan fingerprint density at radius 3 is 2.18 bits per heavy atom. The predicted molar refractivity (Wildman–Crippen MR) is 172 cm³/mol. The van der Waals surface area contributed by atoms with Gasteiger partial charge in [0.2, 0.25) is 11.8 Å². The maximum Gasteiger partial charge on any atom is 0.264 e. The Morgan fingerprint density at radius 2 is 1.67 bits per heavy atom. The zero-order valence-corrected chi connectivity index (χ0v) is 28.8. The van der Waals surface area contributed by atoms with E-state index in [9.17, 15) is 32.0 Å². The van der Waals surface area contributed by atoms with Crippen molar-refractivity contribution in [1.29, 1.82) is 0 Å². The minimum atomic E-state index is -4.27. The number of benzene rings is 1. The molecule has 2 rings (SSSR count). The summed E-state index contributed by atoms with van der Waals surface area (Å²) in [6.45, 7) is 14.6. The zero-order chi connectivity index (χ0) is 34.3. The molecule has 0 radical (unpaired) electrons. The number of likely N-dealkylation sites (tertiary alicyclic amines) is 1. The van der Waals surface area contributed by atoms with Gasteiger partial charge in [-0.2, -0.15) is 0 Å². The molecule has 1 aromatic rings. The fraction of sp³-hybridized carbons (Fsp3) is 0.625. The molecule has 45 heavy (non-hydrogen) atoms. The quantitative estimate of drug-likeness (QED) is 0.293. The maximum absolute atomic E-state index is 14.0. The van der Waals surface area contributed by atoms with E-state index in [1.54, 1.807) is 13.1 Å². The van der Waals surface area contributed by atoms with Crippen LogP contribution in [-0.4, -0.2) is 86.3 Å². The summed E-state index contributed by atoms with van der Waals surface area (Å²) in [4.78, 5) is 55.2. The summed E-state index contributed by atoms with van der Waals surface area (Å²) in [5.74, 6) is -2.40. The van der Waals surface area contributed by atoms with E-state index in [-0.39, 0.29) is 46.0 Å². The second kappa shape index (κ2) is 15.8. The number of carbonyl (C=O) groups is 4. The highest BCUT2D eigenvalue weighted by Crippen LogP contribution is 2.26. The van der Waals surface area contributed by atoms with Crippen molar-refractivity contribution >= 4 is 39.3 Å². The molecule has 3 N–H and O–H groups in total. The van der Waals surface area contributed by atoms with Crippen molar-refractivity contribution in [2.45, 2.75) is 104 Å². The number of hydrogen-bond acceptors (Lipinski definition) is 7. The molecule has 1 heterocycles. The average molecular weight is 652 g/mol. The average Bonchev–Trinajstić information content (AvgIpc) is 2.96. The van der Waals surface area contributed by atoms with Crippen LogP contribution < -0.4 is 15.4 Å². The van der Waals surface area contributed by atoms with Crippen LogP contribution in [0.15, 0.2) is 40.8 Å². The Hall–Kier alpha value is -3.32. The molecule has 4 amide bonds. The summed E-state index contributed by atoms with van der Waals surface area (Å²) in [5.41, 5.74) is -0.337. The van der Waals surface area contributed by atoms with Crippen molar-refractivity contribution in [3.05, 3.63) is 35.9 Å². The van der Waals surface area contributed by atoms with Gasteiger partial charge in [-0.3, -0.25) is 24.1 Å². The third-order valence-corrected chi connectivity index (χ3v) is 9.31. The number of likely N-dealkylation sites (N-methyl/N-ethyl adjacent to an activating group) is 1. The molecule has 11 nitrogen and oxygen atoms in total. The molecule has 1 saturated heterocycles. The van der Waals surface area contributed by atoms with Crippen LogP contribution in [0.1, 0.15) is 74.7 Å². The van der Waals surface area contributed by atoms with Gasteiger partial charge in [-0.05, 0) is 75.8 Å². The van der Waals surface area contributed by atoms with Gasteiger partial charge in [-0.15, -0.1) is 0 Å². The van der Waals surface area contributed by atoms with Crippen LogP contribution in [-0.2, 0) is 29.2 Å². The largest absolute Gasteiger partial charge is 0.342 e. The van der Waals surface area contributed by atoms with Gasteiger partial charge in [0, 0.05) is 24.4 Å². The van der Waals surface area contributed by atoms with Crippen LogP contribution in [0, 0.1) is 11.3 Å². The number of piperidine rings is 1. The van der Waals surface area contributed by atoms with Gasteiger partial charge in [0.05, 0.1) is 17.0 Å². The molecule has 0 unspecified atom stereocenters. The molecule has 0 bridgehead atoms. The van der Waals surface area contributed by atoms with Gasteiger partial charge >= 0.3 is 0 Å². The van der Waals surface area contributed by atoms with Gasteiger partial charge in [-0.1, -0.05) is 47.1 Å². The van der Waals surface area contributed by atoms with Crippen LogP contribution in [0.25, 0.3) is 0 Å². The number of amides is 4. The highest BCUT2D eigenvalue weighted by Gasteiger charge is 2.40. The lowest BCUT2D eigenvalue weighted by Gasteiger charge is -2.41. The van der Waals surface area contributed by atoms with E-state index in [2.05, 4.69) is 29.4 Å². The van der Waals surface area contributed by atoms with Crippen molar-refractivity contribution in [2.24, 2.45) is 11.3 Å². The van der Waals surface area contributed by atoms with Gasteiger partial charge in [-0.25, -0.2) is 17.5 Å². The van der Waals surface area contributed by atoms with Gasteiger partial charge in [0.25, 0.3) is 21.8 Å². The fourth-order valence-corrected chi connectivity index (χ4v) is 6.37. The van der Waals surface area contributed by atoms with E-state index in [4.69, 9.17) is 0 Å². The van der Waals surface area contributed by atoms with E-state index in [0.717, 1.165) is 25.8 Å². The summed E-state index contributed by atoms with van der Waals surface area (Å²) in [5, 5.41) is 5.30. The van der Waals surface area contributed by atoms with Crippen LogP contribution >= 0.6 is 0 Å². The molecule has 252 valence electrons. The first-order valence-corrected chi connectivity index (χ1v) is 16.8. The monoisotopic (exact) mass is 651 g/mol. The second-order valence-electron chi connectivity index (χ2n) is 13.3. The number of nitrogens with one attached hydrogen (secondary N) is 3. The molecule has 13 heteroatoms. The highest BCUT2D eigenvalue weighted by molar-refractivity contribution is 7.90. The molecule has 1 aromatic carbocycles. The predicted octanol–water partition coefficient (Wildman–Crippen LogP) is 3.62. The molecule has 1 aliphatic rings. The lowest BCUT2D eigenvalue weighted by atomic mass is 9.84. The Balaban J connectivity index is 2.24. The van der Waals surface area contributed by atoms with Crippen molar-refractivity contribution in [3.8, 4) is 0 Å². The van der Waals surface area contributed by atoms with Crippen molar-refractivity contribution in [1.82, 2.24) is 19.8 Å². The smallest absolute Gasteiger partial charge is 0.264 e. The van der Waals surface area contributed by atoms with Gasteiger partial charge < -0.3 is 15.5 Å². The van der Waals surface area contributed by atoms with Crippen LogP contribution in [0.4, 0.5) is 10.1 Å². The zero-order valence-electron chi connectivity index (χ0n) is 27.9. The van der Waals surface area contributed by atoms with Crippen molar-refractivity contribution < 1.29 is 32.0 Å². The van der Waals surface area contributed by atoms with E-state index in [1.807, 2.05) is 39.3 Å². The normalized spacial score (nSPS) is 17.9.